The molecule has 1 unspecified atom stereocenters. The smallest absolute Gasteiger partial charge is 0.481 e. The monoisotopic (exact) mass is 517 g/mol. The second kappa shape index (κ2) is 11.0. The number of carbonyl (C=O) groups excluding carboxylic acids is 1. The number of ether oxygens (including phenoxy) is 1. The number of carbonyl (C=O) groups is 2. The maximum absolute atomic E-state index is 12.8. The van der Waals surface area contributed by atoms with Crippen LogP contribution in [0.5, 0.6) is 5.75 Å². The fourth-order valence-electron chi connectivity index (χ4n) is 3.35. The molecule has 0 aliphatic rings. The van der Waals surface area contributed by atoms with Gasteiger partial charge in [0.1, 0.15) is 5.75 Å². The van der Waals surface area contributed by atoms with Crippen molar-refractivity contribution in [3.63, 3.8) is 0 Å². The van der Waals surface area contributed by atoms with Crippen LogP contribution in [0.15, 0.2) is 60.7 Å². The Hall–Kier alpha value is -4.23. The first-order chi connectivity index (χ1) is 17.0. The van der Waals surface area contributed by atoms with E-state index in [-0.39, 0.29) is 33.9 Å². The van der Waals surface area contributed by atoms with Gasteiger partial charge in [-0.25, -0.2) is 4.79 Å². The first-order valence-corrected chi connectivity index (χ1v) is 10.8. The minimum Gasteiger partial charge on any atom is -0.481 e. The van der Waals surface area contributed by atoms with Gasteiger partial charge in [0.25, 0.3) is 0 Å². The molecule has 0 spiro atoms. The highest BCUT2D eigenvalue weighted by molar-refractivity contribution is 6.34. The maximum Gasteiger partial charge on any atom is 0.573 e. The molecule has 0 fully saturated rings. The summed E-state index contributed by atoms with van der Waals surface area (Å²) < 4.78 is 42.5. The Kier molecular flexibility index (Phi) is 8.07. The van der Waals surface area contributed by atoms with Gasteiger partial charge in [-0.2, -0.15) is 5.26 Å². The molecule has 0 saturated heterocycles. The highest BCUT2D eigenvalue weighted by Gasteiger charge is 2.32. The molecule has 0 aromatic heterocycles. The Bertz CT molecular complexity index is 1320. The van der Waals surface area contributed by atoms with Crippen LogP contribution in [0.2, 0.25) is 5.02 Å². The number of hydrogen-bond acceptors (Lipinski definition) is 4. The summed E-state index contributed by atoms with van der Waals surface area (Å²) in [5, 5.41) is 23.8. The maximum atomic E-state index is 12.8. The van der Waals surface area contributed by atoms with Crippen LogP contribution in [0, 0.1) is 11.3 Å². The van der Waals surface area contributed by atoms with Crippen LogP contribution in [0.4, 0.5) is 23.7 Å². The van der Waals surface area contributed by atoms with Gasteiger partial charge in [0.15, 0.2) is 0 Å². The summed E-state index contributed by atoms with van der Waals surface area (Å²) in [6.45, 7) is 1.70. The number of urea groups is 1. The number of benzene rings is 3. The van der Waals surface area contributed by atoms with Crippen LogP contribution in [-0.2, 0) is 11.3 Å². The topological polar surface area (TPSA) is 111 Å². The molecule has 186 valence electrons. The number of halogens is 4. The number of nitrogens with one attached hydrogen (secondary N) is 2. The summed E-state index contributed by atoms with van der Waals surface area (Å²) in [6, 6.07) is 15.8. The molecule has 0 aliphatic heterocycles. The van der Waals surface area contributed by atoms with Crippen molar-refractivity contribution >= 4 is 29.3 Å². The van der Waals surface area contributed by atoms with Crippen molar-refractivity contribution in [2.45, 2.75) is 25.7 Å². The van der Waals surface area contributed by atoms with E-state index in [1.807, 2.05) is 6.07 Å². The lowest BCUT2D eigenvalue weighted by Crippen LogP contribution is -2.28. The summed E-state index contributed by atoms with van der Waals surface area (Å²) in [6.07, 6.45) is -4.94. The lowest BCUT2D eigenvalue weighted by Gasteiger charge is -2.16. The van der Waals surface area contributed by atoms with Gasteiger partial charge in [0.05, 0.1) is 22.6 Å². The molecule has 0 heterocycles. The zero-order chi connectivity index (χ0) is 26.5. The number of nitrogens with zero attached hydrogens (tertiary/aromatic N) is 1. The number of anilines is 1. The highest BCUT2D eigenvalue weighted by atomic mass is 35.5. The molecule has 3 N–H and O–H groups in total. The third kappa shape index (κ3) is 6.67. The Balaban J connectivity index is 1.75. The average Bonchev–Trinajstić information content (AvgIpc) is 2.82. The van der Waals surface area contributed by atoms with Crippen molar-refractivity contribution in [2.24, 2.45) is 0 Å². The number of alkyl halides is 3. The first kappa shape index (κ1) is 26.4. The quantitative estimate of drug-likeness (QED) is 0.341. The number of hydrogen-bond donors (Lipinski definition) is 3. The number of rotatable bonds is 7. The normalized spacial score (nSPS) is 11.8. The number of para-hydroxylation sites is 1. The molecule has 0 radical (unpaired) electrons. The number of nitriles is 1. The molecular weight excluding hydrogens is 499 g/mol. The number of aliphatic carboxylic acids is 1. The molecular formula is C25H19ClF3N3O4. The molecule has 11 heteroatoms. The lowest BCUT2D eigenvalue weighted by molar-refractivity contribution is -0.274. The Morgan fingerprint density at radius 3 is 2.42 bits per heavy atom. The summed E-state index contributed by atoms with van der Waals surface area (Å²) >= 11 is 6.31. The Labute approximate surface area is 209 Å². The van der Waals surface area contributed by atoms with Gasteiger partial charge in [0.2, 0.25) is 0 Å². The predicted octanol–water partition coefficient (Wildman–Crippen LogP) is 6.29. The summed E-state index contributed by atoms with van der Waals surface area (Å²) in [4.78, 5) is 23.4. The van der Waals surface area contributed by atoms with Crippen LogP contribution in [0.3, 0.4) is 0 Å². The summed E-state index contributed by atoms with van der Waals surface area (Å²) in [7, 11) is 0. The zero-order valence-electron chi connectivity index (χ0n) is 18.7. The van der Waals surface area contributed by atoms with E-state index >= 15 is 0 Å². The van der Waals surface area contributed by atoms with Crippen LogP contribution in [0.25, 0.3) is 11.1 Å². The number of carboxylic acids is 1. The summed E-state index contributed by atoms with van der Waals surface area (Å²) in [5.74, 6) is -2.13. The SMILES string of the molecule is CC(C(=O)O)c1ccc(CNC(=O)Nc2cc(Cl)c(-c3ccccc3OC(F)(F)F)c(C#N)c2)cc1. The van der Waals surface area contributed by atoms with Gasteiger partial charge in [-0.1, -0.05) is 54.1 Å². The van der Waals surface area contributed by atoms with Crippen molar-refractivity contribution in [2.75, 3.05) is 5.32 Å². The van der Waals surface area contributed by atoms with E-state index in [2.05, 4.69) is 15.4 Å². The van der Waals surface area contributed by atoms with Gasteiger partial charge in [-0.05, 0) is 36.2 Å². The third-order valence-electron chi connectivity index (χ3n) is 5.15. The van der Waals surface area contributed by atoms with Gasteiger partial charge in [-0.3, -0.25) is 4.79 Å². The number of amides is 2. The zero-order valence-corrected chi connectivity index (χ0v) is 19.4. The molecule has 2 amide bonds. The van der Waals surface area contributed by atoms with Crippen LogP contribution in [0.1, 0.15) is 29.5 Å². The largest absolute Gasteiger partial charge is 0.573 e. The van der Waals surface area contributed by atoms with Crippen LogP contribution >= 0.6 is 11.6 Å². The Morgan fingerprint density at radius 1 is 1.14 bits per heavy atom. The predicted molar refractivity (Wildman–Crippen MR) is 127 cm³/mol. The third-order valence-corrected chi connectivity index (χ3v) is 5.45. The molecule has 0 aliphatic carbocycles. The highest BCUT2D eigenvalue weighted by Crippen LogP contribution is 2.40. The molecule has 7 nitrogen and oxygen atoms in total. The van der Waals surface area contributed by atoms with E-state index in [1.165, 1.54) is 30.3 Å². The number of carboxylic acid groups (broad SMARTS) is 1. The van der Waals surface area contributed by atoms with E-state index in [0.29, 0.717) is 5.56 Å². The van der Waals surface area contributed by atoms with Gasteiger partial charge in [-0.15, -0.1) is 13.2 Å². The van der Waals surface area contributed by atoms with Crippen LogP contribution < -0.4 is 15.4 Å². The van der Waals surface area contributed by atoms with Gasteiger partial charge < -0.3 is 20.5 Å². The molecule has 3 aromatic carbocycles. The van der Waals surface area contributed by atoms with E-state index in [0.717, 1.165) is 11.6 Å². The lowest BCUT2D eigenvalue weighted by atomic mass is 9.98. The van der Waals surface area contributed by atoms with Crippen molar-refractivity contribution < 1.29 is 32.6 Å². The Morgan fingerprint density at radius 2 is 1.81 bits per heavy atom. The molecule has 3 rings (SSSR count). The fourth-order valence-corrected chi connectivity index (χ4v) is 3.67. The molecule has 1 atom stereocenters. The van der Waals surface area contributed by atoms with E-state index in [9.17, 15) is 28.0 Å². The second-order valence-electron chi connectivity index (χ2n) is 7.65. The van der Waals surface area contributed by atoms with Crippen molar-refractivity contribution in [3.05, 3.63) is 82.4 Å². The standard InChI is InChI=1S/C25H19ClF3N3O4/c1-14(23(33)34)16-8-6-15(7-9-16)13-31-24(35)32-18-10-17(12-30)22(20(26)11-18)19-4-2-3-5-21(19)36-25(27,28)29/h2-11,14H,13H2,1H3,(H,33,34)(H2,31,32,35). The molecule has 3 aromatic rings. The molecule has 36 heavy (non-hydrogen) atoms. The minimum absolute atomic E-state index is 0.0284. The van der Waals surface area contributed by atoms with Crippen molar-refractivity contribution in [1.29, 1.82) is 5.26 Å². The minimum atomic E-state index is -4.94. The van der Waals surface area contributed by atoms with Crippen LogP contribution in [-0.4, -0.2) is 23.5 Å². The van der Waals surface area contributed by atoms with E-state index in [1.54, 1.807) is 31.2 Å². The fraction of sp³-hybridized carbons (Fsp3) is 0.160. The molecule has 0 saturated carbocycles. The van der Waals surface area contributed by atoms with E-state index in [4.69, 9.17) is 16.7 Å². The van der Waals surface area contributed by atoms with Gasteiger partial charge >= 0.3 is 18.4 Å². The first-order valence-electron chi connectivity index (χ1n) is 10.4. The van der Waals surface area contributed by atoms with Crippen molar-refractivity contribution in [3.8, 4) is 22.9 Å². The van der Waals surface area contributed by atoms with E-state index < -0.39 is 30.0 Å². The van der Waals surface area contributed by atoms with Gasteiger partial charge in [0, 0.05) is 23.4 Å². The second-order valence-corrected chi connectivity index (χ2v) is 8.05. The molecule has 0 bridgehead atoms. The summed E-state index contributed by atoms with van der Waals surface area (Å²) in [5.41, 5.74) is 1.42. The van der Waals surface area contributed by atoms with Crippen molar-refractivity contribution in [1.82, 2.24) is 5.32 Å². The average molecular weight is 518 g/mol.